The highest BCUT2D eigenvalue weighted by atomic mass is 32.2. The highest BCUT2D eigenvalue weighted by Gasteiger charge is 2.22. The van der Waals surface area contributed by atoms with Gasteiger partial charge in [0, 0.05) is 19.6 Å². The summed E-state index contributed by atoms with van der Waals surface area (Å²) in [5.41, 5.74) is 2.14. The number of nitrogens with zero attached hydrogens (tertiary/aromatic N) is 1. The molecule has 1 N–H and O–H groups in total. The van der Waals surface area contributed by atoms with Gasteiger partial charge in [-0.15, -0.1) is 0 Å². The molecule has 1 aromatic rings. The SMILES string of the molecule is Cc1cccc(CNS(=O)(=O)N2CCCCC2)c1. The molecule has 1 aliphatic heterocycles. The topological polar surface area (TPSA) is 49.4 Å². The fourth-order valence-corrected chi connectivity index (χ4v) is 3.46. The Morgan fingerprint density at radius 1 is 1.22 bits per heavy atom. The van der Waals surface area contributed by atoms with Crippen LogP contribution in [0.25, 0.3) is 0 Å². The summed E-state index contributed by atoms with van der Waals surface area (Å²) >= 11 is 0. The van der Waals surface area contributed by atoms with Gasteiger partial charge in [-0.05, 0) is 25.3 Å². The van der Waals surface area contributed by atoms with Crippen LogP contribution in [0.5, 0.6) is 0 Å². The minimum Gasteiger partial charge on any atom is -0.198 e. The smallest absolute Gasteiger partial charge is 0.198 e. The Bertz CT molecular complexity index is 493. The predicted molar refractivity (Wildman–Crippen MR) is 72.4 cm³/mol. The van der Waals surface area contributed by atoms with Crippen LogP contribution in [0.3, 0.4) is 0 Å². The van der Waals surface area contributed by atoms with Crippen molar-refractivity contribution in [1.82, 2.24) is 9.03 Å². The first kappa shape index (κ1) is 13.5. The second kappa shape index (κ2) is 5.82. The molecule has 18 heavy (non-hydrogen) atoms. The van der Waals surface area contributed by atoms with Gasteiger partial charge in [-0.1, -0.05) is 36.2 Å². The molecule has 2 rings (SSSR count). The summed E-state index contributed by atoms with van der Waals surface area (Å²) < 4.78 is 28.3. The number of hydrogen-bond acceptors (Lipinski definition) is 2. The van der Waals surface area contributed by atoms with Crippen molar-refractivity contribution in [1.29, 1.82) is 0 Å². The minimum atomic E-state index is -3.31. The number of hydrogen-bond donors (Lipinski definition) is 1. The normalized spacial score (nSPS) is 17.8. The van der Waals surface area contributed by atoms with Crippen molar-refractivity contribution in [2.75, 3.05) is 13.1 Å². The van der Waals surface area contributed by atoms with Crippen LogP contribution in [-0.4, -0.2) is 25.8 Å². The lowest BCUT2D eigenvalue weighted by Gasteiger charge is -2.25. The maximum absolute atomic E-state index is 12.1. The Balaban J connectivity index is 1.96. The van der Waals surface area contributed by atoms with Crippen LogP contribution in [0, 0.1) is 6.92 Å². The van der Waals surface area contributed by atoms with E-state index >= 15 is 0 Å². The van der Waals surface area contributed by atoms with Crippen molar-refractivity contribution >= 4 is 10.2 Å². The third-order valence-corrected chi connectivity index (χ3v) is 4.75. The molecule has 1 aliphatic rings. The lowest BCUT2D eigenvalue weighted by molar-refractivity contribution is 0.341. The Hall–Kier alpha value is -0.910. The van der Waals surface area contributed by atoms with Crippen molar-refractivity contribution in [3.8, 4) is 0 Å². The van der Waals surface area contributed by atoms with Crippen LogP contribution in [0.15, 0.2) is 24.3 Å². The molecule has 0 spiro atoms. The molecule has 1 heterocycles. The fraction of sp³-hybridized carbons (Fsp3) is 0.538. The van der Waals surface area contributed by atoms with Crippen LogP contribution in [0.2, 0.25) is 0 Å². The fourth-order valence-electron chi connectivity index (χ4n) is 2.19. The van der Waals surface area contributed by atoms with E-state index in [1.165, 1.54) is 0 Å². The van der Waals surface area contributed by atoms with E-state index in [1.807, 2.05) is 31.2 Å². The van der Waals surface area contributed by atoms with Crippen molar-refractivity contribution < 1.29 is 8.42 Å². The van der Waals surface area contributed by atoms with Crippen molar-refractivity contribution in [3.05, 3.63) is 35.4 Å². The summed E-state index contributed by atoms with van der Waals surface area (Å²) in [4.78, 5) is 0. The Kier molecular flexibility index (Phi) is 4.37. The van der Waals surface area contributed by atoms with Crippen molar-refractivity contribution in [3.63, 3.8) is 0 Å². The van der Waals surface area contributed by atoms with Gasteiger partial charge in [0.1, 0.15) is 0 Å². The molecule has 4 nitrogen and oxygen atoms in total. The van der Waals surface area contributed by atoms with Crippen molar-refractivity contribution in [2.24, 2.45) is 0 Å². The number of piperidine rings is 1. The monoisotopic (exact) mass is 268 g/mol. The van der Waals surface area contributed by atoms with Gasteiger partial charge in [0.05, 0.1) is 0 Å². The molecule has 0 unspecified atom stereocenters. The second-order valence-corrected chi connectivity index (χ2v) is 6.53. The van der Waals surface area contributed by atoms with E-state index in [-0.39, 0.29) is 0 Å². The van der Waals surface area contributed by atoms with Crippen molar-refractivity contribution in [2.45, 2.75) is 32.7 Å². The van der Waals surface area contributed by atoms with Gasteiger partial charge < -0.3 is 0 Å². The van der Waals surface area contributed by atoms with Crippen LogP contribution in [-0.2, 0) is 16.8 Å². The Labute approximate surface area is 109 Å². The Morgan fingerprint density at radius 3 is 2.61 bits per heavy atom. The van der Waals surface area contributed by atoms with Gasteiger partial charge in [0.15, 0.2) is 0 Å². The van der Waals surface area contributed by atoms with E-state index in [0.29, 0.717) is 19.6 Å². The van der Waals surface area contributed by atoms with Gasteiger partial charge in [0.2, 0.25) is 0 Å². The van der Waals surface area contributed by atoms with E-state index in [4.69, 9.17) is 0 Å². The molecule has 0 radical (unpaired) electrons. The van der Waals surface area contributed by atoms with E-state index in [9.17, 15) is 8.42 Å². The van der Waals surface area contributed by atoms with Gasteiger partial charge >= 0.3 is 0 Å². The summed E-state index contributed by atoms with van der Waals surface area (Å²) in [6.45, 7) is 3.65. The zero-order valence-electron chi connectivity index (χ0n) is 10.7. The zero-order valence-corrected chi connectivity index (χ0v) is 11.5. The first-order valence-electron chi connectivity index (χ1n) is 6.38. The maximum Gasteiger partial charge on any atom is 0.279 e. The summed E-state index contributed by atoms with van der Waals surface area (Å²) in [7, 11) is -3.31. The molecule has 100 valence electrons. The van der Waals surface area contributed by atoms with Crippen LogP contribution in [0.4, 0.5) is 0 Å². The molecule has 1 saturated heterocycles. The van der Waals surface area contributed by atoms with Crippen LogP contribution >= 0.6 is 0 Å². The summed E-state index contributed by atoms with van der Waals surface area (Å²) in [5, 5.41) is 0. The molecule has 1 fully saturated rings. The largest absolute Gasteiger partial charge is 0.279 e. The van der Waals surface area contributed by atoms with E-state index in [0.717, 1.165) is 30.4 Å². The van der Waals surface area contributed by atoms with Crippen LogP contribution in [0.1, 0.15) is 30.4 Å². The quantitative estimate of drug-likeness (QED) is 0.905. The summed E-state index contributed by atoms with van der Waals surface area (Å²) in [5.74, 6) is 0. The molecule has 0 bridgehead atoms. The number of nitrogens with one attached hydrogen (secondary N) is 1. The highest BCUT2D eigenvalue weighted by Crippen LogP contribution is 2.12. The number of rotatable bonds is 4. The third-order valence-electron chi connectivity index (χ3n) is 3.20. The summed E-state index contributed by atoms with van der Waals surface area (Å²) in [6, 6.07) is 7.88. The number of aryl methyl sites for hydroxylation is 1. The molecule has 0 amide bonds. The lowest BCUT2D eigenvalue weighted by Crippen LogP contribution is -2.43. The first-order chi connectivity index (χ1) is 8.58. The molecule has 1 aromatic carbocycles. The molecule has 0 aromatic heterocycles. The van der Waals surface area contributed by atoms with E-state index in [2.05, 4.69) is 4.72 Å². The van der Waals surface area contributed by atoms with Gasteiger partial charge in [-0.3, -0.25) is 0 Å². The maximum atomic E-state index is 12.1. The predicted octanol–water partition coefficient (Wildman–Crippen LogP) is 1.82. The van der Waals surface area contributed by atoms with Crippen LogP contribution < -0.4 is 4.72 Å². The second-order valence-electron chi connectivity index (χ2n) is 4.77. The summed E-state index contributed by atoms with van der Waals surface area (Å²) in [6.07, 6.45) is 3.06. The average molecular weight is 268 g/mol. The van der Waals surface area contributed by atoms with Gasteiger partial charge in [0.25, 0.3) is 10.2 Å². The standard InChI is InChI=1S/C13H20N2O2S/c1-12-6-5-7-13(10-12)11-14-18(16,17)15-8-3-2-4-9-15/h5-7,10,14H,2-4,8-9,11H2,1H3. The Morgan fingerprint density at radius 2 is 1.94 bits per heavy atom. The number of benzene rings is 1. The van der Waals surface area contributed by atoms with E-state index < -0.39 is 10.2 Å². The highest BCUT2D eigenvalue weighted by molar-refractivity contribution is 7.87. The lowest BCUT2D eigenvalue weighted by atomic mass is 10.1. The van der Waals surface area contributed by atoms with E-state index in [1.54, 1.807) is 4.31 Å². The van der Waals surface area contributed by atoms with Gasteiger partial charge in [-0.2, -0.15) is 17.4 Å². The molecule has 5 heteroatoms. The first-order valence-corrected chi connectivity index (χ1v) is 7.82. The third kappa shape index (κ3) is 3.54. The average Bonchev–Trinajstić information content (AvgIpc) is 2.38. The zero-order chi connectivity index (χ0) is 13.0. The molecule has 0 atom stereocenters. The molecule has 0 saturated carbocycles. The van der Waals surface area contributed by atoms with Gasteiger partial charge in [-0.25, -0.2) is 0 Å². The minimum absolute atomic E-state index is 0.362. The molecular formula is C13H20N2O2S. The molecular weight excluding hydrogens is 248 g/mol. The molecule has 0 aliphatic carbocycles.